The van der Waals surface area contributed by atoms with Crippen molar-refractivity contribution in [2.24, 2.45) is 17.6 Å². The highest BCUT2D eigenvalue weighted by atomic mass is 16.5. The standard InChI is InChI=1S/C27H49N3O5/c1-7-8-9-13-30(4)27(32)29-19-24(31)23(28)18-22(20(2)3)16-21-11-12-25(34-6)26(17-21)35-15-10-14-33-5/h11-12,17,20,22-24,31H,7-10,13-16,18-19,28H2,1-6H3,(H,29,32). The van der Waals surface area contributed by atoms with Crippen LogP contribution in [0.4, 0.5) is 4.79 Å². The smallest absolute Gasteiger partial charge is 0.317 e. The summed E-state index contributed by atoms with van der Waals surface area (Å²) in [6.07, 6.45) is 4.64. The number of hydrogen-bond donors (Lipinski definition) is 3. The molecule has 0 spiro atoms. The van der Waals surface area contributed by atoms with Crippen molar-refractivity contribution in [1.29, 1.82) is 0 Å². The first-order chi connectivity index (χ1) is 16.7. The summed E-state index contributed by atoms with van der Waals surface area (Å²) in [6.45, 7) is 8.52. The molecular weight excluding hydrogens is 446 g/mol. The number of aliphatic hydroxyl groups is 1. The minimum Gasteiger partial charge on any atom is -0.493 e. The van der Waals surface area contributed by atoms with Crippen LogP contribution in [0.15, 0.2) is 18.2 Å². The van der Waals surface area contributed by atoms with Gasteiger partial charge >= 0.3 is 6.03 Å². The Kier molecular flexibility index (Phi) is 15.4. The van der Waals surface area contributed by atoms with Gasteiger partial charge in [0, 0.05) is 46.3 Å². The predicted octanol–water partition coefficient (Wildman–Crippen LogP) is 3.84. The van der Waals surface area contributed by atoms with E-state index in [1.54, 1.807) is 26.2 Å². The fourth-order valence-corrected chi connectivity index (χ4v) is 3.93. The zero-order chi connectivity index (χ0) is 26.2. The molecule has 1 aromatic rings. The fraction of sp³-hybridized carbons (Fsp3) is 0.741. The van der Waals surface area contributed by atoms with E-state index in [0.717, 1.165) is 43.4 Å². The van der Waals surface area contributed by atoms with Crippen molar-refractivity contribution in [3.63, 3.8) is 0 Å². The molecule has 0 aliphatic rings. The van der Waals surface area contributed by atoms with E-state index in [2.05, 4.69) is 26.1 Å². The van der Waals surface area contributed by atoms with E-state index in [1.165, 1.54) is 0 Å². The van der Waals surface area contributed by atoms with Crippen LogP contribution in [0.5, 0.6) is 11.5 Å². The molecule has 8 heteroatoms. The van der Waals surface area contributed by atoms with Gasteiger partial charge in [-0.05, 0) is 48.8 Å². The molecule has 8 nitrogen and oxygen atoms in total. The van der Waals surface area contributed by atoms with Crippen molar-refractivity contribution in [2.75, 3.05) is 47.6 Å². The summed E-state index contributed by atoms with van der Waals surface area (Å²) >= 11 is 0. The molecule has 2 amide bonds. The van der Waals surface area contributed by atoms with Gasteiger partial charge in [0.15, 0.2) is 11.5 Å². The van der Waals surface area contributed by atoms with Gasteiger partial charge in [-0.2, -0.15) is 0 Å². The van der Waals surface area contributed by atoms with Gasteiger partial charge in [0.25, 0.3) is 0 Å². The molecule has 0 aliphatic carbocycles. The molecule has 0 aromatic heterocycles. The number of urea groups is 1. The Bertz CT molecular complexity index is 716. The molecular formula is C27H49N3O5. The Morgan fingerprint density at radius 1 is 1.14 bits per heavy atom. The van der Waals surface area contributed by atoms with Crippen LogP contribution in [0.3, 0.4) is 0 Å². The summed E-state index contributed by atoms with van der Waals surface area (Å²) < 4.78 is 16.5. The third-order valence-electron chi connectivity index (χ3n) is 6.39. The maximum absolute atomic E-state index is 12.3. The largest absolute Gasteiger partial charge is 0.493 e. The Morgan fingerprint density at radius 3 is 2.51 bits per heavy atom. The first-order valence-electron chi connectivity index (χ1n) is 12.9. The lowest BCUT2D eigenvalue weighted by Crippen LogP contribution is -2.47. The number of carbonyl (C=O) groups is 1. The average Bonchev–Trinajstić information content (AvgIpc) is 2.84. The van der Waals surface area contributed by atoms with E-state index in [9.17, 15) is 9.90 Å². The van der Waals surface area contributed by atoms with E-state index in [0.29, 0.717) is 37.8 Å². The molecule has 0 saturated carbocycles. The molecule has 0 saturated heterocycles. The predicted molar refractivity (Wildman–Crippen MR) is 141 cm³/mol. The lowest BCUT2D eigenvalue weighted by molar-refractivity contribution is 0.122. The number of rotatable bonds is 18. The highest BCUT2D eigenvalue weighted by molar-refractivity contribution is 5.73. The second-order valence-electron chi connectivity index (χ2n) is 9.67. The maximum atomic E-state index is 12.3. The third-order valence-corrected chi connectivity index (χ3v) is 6.39. The van der Waals surface area contributed by atoms with Gasteiger partial charge in [0.05, 0.1) is 19.8 Å². The van der Waals surface area contributed by atoms with Gasteiger partial charge < -0.3 is 35.3 Å². The number of aliphatic hydroxyl groups excluding tert-OH is 1. The van der Waals surface area contributed by atoms with E-state index in [-0.39, 0.29) is 18.5 Å². The zero-order valence-electron chi connectivity index (χ0n) is 22.7. The third kappa shape index (κ3) is 12.0. The second-order valence-corrected chi connectivity index (χ2v) is 9.67. The molecule has 0 heterocycles. The van der Waals surface area contributed by atoms with E-state index in [4.69, 9.17) is 19.9 Å². The summed E-state index contributed by atoms with van der Waals surface area (Å²) in [5.41, 5.74) is 7.50. The maximum Gasteiger partial charge on any atom is 0.317 e. The number of amides is 2. The van der Waals surface area contributed by atoms with Crippen LogP contribution < -0.4 is 20.5 Å². The molecule has 1 rings (SSSR count). The first kappa shape index (κ1) is 31.0. The van der Waals surface area contributed by atoms with Crippen LogP contribution in [-0.2, 0) is 11.2 Å². The normalized spacial score (nSPS) is 13.9. The zero-order valence-corrected chi connectivity index (χ0v) is 22.7. The van der Waals surface area contributed by atoms with Crippen LogP contribution in [0.1, 0.15) is 58.4 Å². The number of hydrogen-bond acceptors (Lipinski definition) is 6. The van der Waals surface area contributed by atoms with Crippen LogP contribution >= 0.6 is 0 Å². The number of carbonyl (C=O) groups excluding carboxylic acids is 1. The van der Waals surface area contributed by atoms with E-state index < -0.39 is 12.1 Å². The highest BCUT2D eigenvalue weighted by Crippen LogP contribution is 2.31. The number of ether oxygens (including phenoxy) is 3. The van der Waals surface area contributed by atoms with Crippen LogP contribution in [0.25, 0.3) is 0 Å². The van der Waals surface area contributed by atoms with Crippen molar-refractivity contribution < 1.29 is 24.1 Å². The van der Waals surface area contributed by atoms with Gasteiger partial charge in [0.2, 0.25) is 0 Å². The Morgan fingerprint density at radius 2 is 1.89 bits per heavy atom. The molecule has 3 unspecified atom stereocenters. The molecule has 1 aromatic carbocycles. The summed E-state index contributed by atoms with van der Waals surface area (Å²) in [4.78, 5) is 13.9. The fourth-order valence-electron chi connectivity index (χ4n) is 3.93. The number of methoxy groups -OCH3 is 2. The number of nitrogens with two attached hydrogens (primary N) is 1. The van der Waals surface area contributed by atoms with Gasteiger partial charge in [-0.3, -0.25) is 0 Å². The number of nitrogens with zero attached hydrogens (tertiary/aromatic N) is 1. The molecule has 4 N–H and O–H groups in total. The number of unbranched alkanes of at least 4 members (excludes halogenated alkanes) is 2. The first-order valence-corrected chi connectivity index (χ1v) is 12.9. The lowest BCUT2D eigenvalue weighted by atomic mass is 9.83. The topological polar surface area (TPSA) is 106 Å². The van der Waals surface area contributed by atoms with Gasteiger partial charge in [-0.25, -0.2) is 4.79 Å². The van der Waals surface area contributed by atoms with Crippen LogP contribution in [0, 0.1) is 11.8 Å². The van der Waals surface area contributed by atoms with Crippen LogP contribution in [0.2, 0.25) is 0 Å². The SMILES string of the molecule is CCCCCN(C)C(=O)NCC(O)C(N)CC(Cc1ccc(OC)c(OCCCOC)c1)C(C)C. The summed E-state index contributed by atoms with van der Waals surface area (Å²) in [7, 11) is 5.09. The Balaban J connectivity index is 2.67. The van der Waals surface area contributed by atoms with Crippen molar-refractivity contribution in [3.05, 3.63) is 23.8 Å². The minimum atomic E-state index is -0.806. The average molecular weight is 496 g/mol. The van der Waals surface area contributed by atoms with Crippen LogP contribution in [-0.4, -0.2) is 75.8 Å². The monoisotopic (exact) mass is 495 g/mol. The highest BCUT2D eigenvalue weighted by Gasteiger charge is 2.24. The molecule has 0 aliphatic heterocycles. The molecule has 0 fully saturated rings. The minimum absolute atomic E-state index is 0.144. The molecule has 0 radical (unpaired) electrons. The van der Waals surface area contributed by atoms with Crippen molar-refractivity contribution in [3.8, 4) is 11.5 Å². The molecule has 202 valence electrons. The molecule has 3 atom stereocenters. The number of benzene rings is 1. The van der Waals surface area contributed by atoms with Gasteiger partial charge in [-0.1, -0.05) is 39.7 Å². The molecule has 35 heavy (non-hydrogen) atoms. The quantitative estimate of drug-likeness (QED) is 0.267. The Labute approximate surface area is 212 Å². The Hall–Kier alpha value is -2.03. The van der Waals surface area contributed by atoms with E-state index in [1.807, 2.05) is 18.2 Å². The van der Waals surface area contributed by atoms with E-state index >= 15 is 0 Å². The summed E-state index contributed by atoms with van der Waals surface area (Å²) in [5.74, 6) is 2.07. The molecule has 0 bridgehead atoms. The van der Waals surface area contributed by atoms with Crippen molar-refractivity contribution in [1.82, 2.24) is 10.2 Å². The van der Waals surface area contributed by atoms with Crippen molar-refractivity contribution >= 4 is 6.03 Å². The second kappa shape index (κ2) is 17.4. The van der Waals surface area contributed by atoms with Gasteiger partial charge in [-0.15, -0.1) is 0 Å². The van der Waals surface area contributed by atoms with Crippen molar-refractivity contribution in [2.45, 2.75) is 71.4 Å². The summed E-state index contributed by atoms with van der Waals surface area (Å²) in [5, 5.41) is 13.4. The number of nitrogens with one attached hydrogen (secondary N) is 1. The summed E-state index contributed by atoms with van der Waals surface area (Å²) in [6, 6.07) is 5.39. The van der Waals surface area contributed by atoms with Gasteiger partial charge in [0.1, 0.15) is 0 Å². The lowest BCUT2D eigenvalue weighted by Gasteiger charge is -2.28.